The zero-order valence-corrected chi connectivity index (χ0v) is 23.6. The highest BCUT2D eigenvalue weighted by Crippen LogP contribution is 2.49. The van der Waals surface area contributed by atoms with Gasteiger partial charge in [0.2, 0.25) is 0 Å². The number of nitrogens with zero attached hydrogens (tertiary/aromatic N) is 1. The summed E-state index contributed by atoms with van der Waals surface area (Å²) in [5, 5.41) is 7.90. The SMILES string of the molecule is c1ccc(-c2ccc3sc4c(c3c2)c2ccccc2c2c4c3ccc(-c4ccccc4)cc3n2-c2ccccc2)cc1. The van der Waals surface area contributed by atoms with Gasteiger partial charge < -0.3 is 4.57 Å². The van der Waals surface area contributed by atoms with Crippen LogP contribution < -0.4 is 0 Å². The molecule has 196 valence electrons. The summed E-state index contributed by atoms with van der Waals surface area (Å²) in [5.74, 6) is 0. The van der Waals surface area contributed by atoms with Gasteiger partial charge in [-0.25, -0.2) is 0 Å². The molecule has 0 atom stereocenters. The first-order chi connectivity index (χ1) is 20.8. The fourth-order valence-electron chi connectivity index (χ4n) is 6.69. The first kappa shape index (κ1) is 23.5. The molecule has 0 N–H and O–H groups in total. The number of rotatable bonds is 3. The van der Waals surface area contributed by atoms with Crippen LogP contribution in [0.1, 0.15) is 0 Å². The molecular formula is C40H25NS. The third-order valence-corrected chi connectivity index (χ3v) is 9.75. The van der Waals surface area contributed by atoms with Gasteiger partial charge in [-0.3, -0.25) is 0 Å². The molecule has 1 nitrogen and oxygen atoms in total. The average molecular weight is 552 g/mol. The molecule has 0 amide bonds. The van der Waals surface area contributed by atoms with Gasteiger partial charge in [-0.1, -0.05) is 121 Å². The van der Waals surface area contributed by atoms with Crippen LogP contribution >= 0.6 is 11.3 Å². The molecule has 9 rings (SSSR count). The summed E-state index contributed by atoms with van der Waals surface area (Å²) in [7, 11) is 0. The molecule has 0 aliphatic carbocycles. The van der Waals surface area contributed by atoms with Crippen LogP contribution in [-0.4, -0.2) is 4.57 Å². The van der Waals surface area contributed by atoms with E-state index in [4.69, 9.17) is 0 Å². The van der Waals surface area contributed by atoms with E-state index < -0.39 is 0 Å². The Kier molecular flexibility index (Phi) is 5.13. The average Bonchev–Trinajstić information content (AvgIpc) is 3.62. The Hall–Kier alpha value is -5.18. The molecule has 7 aromatic carbocycles. The minimum atomic E-state index is 1.18. The second-order valence-electron chi connectivity index (χ2n) is 10.9. The molecule has 0 radical (unpaired) electrons. The van der Waals surface area contributed by atoms with Crippen molar-refractivity contribution in [3.8, 4) is 27.9 Å². The summed E-state index contributed by atoms with van der Waals surface area (Å²) in [6.45, 7) is 0. The van der Waals surface area contributed by atoms with Crippen LogP contribution in [0.2, 0.25) is 0 Å². The second-order valence-corrected chi connectivity index (χ2v) is 12.0. The minimum absolute atomic E-state index is 1.18. The van der Waals surface area contributed by atoms with Crippen LogP contribution in [0.15, 0.2) is 152 Å². The second kappa shape index (κ2) is 9.17. The standard InChI is InChI=1S/C40H25NS/c1-4-12-26(13-5-1)28-21-23-36-34(24-28)37-31-18-10-11-19-32(31)39-38(40(37)42-36)33-22-20-29(27-14-6-2-7-15-27)25-35(33)41(39)30-16-8-3-9-17-30/h1-25H. The summed E-state index contributed by atoms with van der Waals surface area (Å²) in [4.78, 5) is 0. The van der Waals surface area contributed by atoms with Gasteiger partial charge in [-0.05, 0) is 58.0 Å². The van der Waals surface area contributed by atoms with E-state index in [2.05, 4.69) is 156 Å². The molecule has 2 heterocycles. The minimum Gasteiger partial charge on any atom is -0.309 e. The summed E-state index contributed by atoms with van der Waals surface area (Å²) < 4.78 is 5.17. The van der Waals surface area contributed by atoms with Crippen molar-refractivity contribution in [1.82, 2.24) is 4.57 Å². The lowest BCUT2D eigenvalue weighted by molar-refractivity contribution is 1.19. The van der Waals surface area contributed by atoms with Gasteiger partial charge in [-0.15, -0.1) is 11.3 Å². The molecule has 0 spiro atoms. The van der Waals surface area contributed by atoms with E-state index in [1.807, 2.05) is 11.3 Å². The van der Waals surface area contributed by atoms with Crippen molar-refractivity contribution < 1.29 is 0 Å². The molecule has 42 heavy (non-hydrogen) atoms. The highest BCUT2D eigenvalue weighted by molar-refractivity contribution is 7.27. The van der Waals surface area contributed by atoms with Crippen LogP contribution in [0.5, 0.6) is 0 Å². The Labute approximate surface area is 247 Å². The Balaban J connectivity index is 1.48. The largest absolute Gasteiger partial charge is 0.309 e. The predicted octanol–water partition coefficient (Wildman–Crippen LogP) is 11.6. The van der Waals surface area contributed by atoms with E-state index in [-0.39, 0.29) is 0 Å². The Morgan fingerprint density at radius 2 is 1.00 bits per heavy atom. The number of benzene rings is 7. The summed E-state index contributed by atoms with van der Waals surface area (Å²) in [6, 6.07) is 55.2. The highest BCUT2D eigenvalue weighted by atomic mass is 32.1. The number of fused-ring (bicyclic) bond motifs is 10. The van der Waals surface area contributed by atoms with Gasteiger partial charge in [0.25, 0.3) is 0 Å². The third-order valence-electron chi connectivity index (χ3n) is 8.56. The summed E-state index contributed by atoms with van der Waals surface area (Å²) in [6.07, 6.45) is 0. The molecule has 2 aromatic heterocycles. The molecule has 0 aliphatic rings. The smallest absolute Gasteiger partial charge is 0.0634 e. The maximum absolute atomic E-state index is 2.48. The van der Waals surface area contributed by atoms with Gasteiger partial charge in [0.1, 0.15) is 0 Å². The van der Waals surface area contributed by atoms with Crippen LogP contribution in [0.3, 0.4) is 0 Å². The highest BCUT2D eigenvalue weighted by Gasteiger charge is 2.22. The summed E-state index contributed by atoms with van der Waals surface area (Å²) >= 11 is 1.92. The molecule has 9 aromatic rings. The van der Waals surface area contributed by atoms with Crippen LogP contribution in [0.4, 0.5) is 0 Å². The van der Waals surface area contributed by atoms with Gasteiger partial charge >= 0.3 is 0 Å². The van der Waals surface area contributed by atoms with Crippen LogP contribution in [-0.2, 0) is 0 Å². The molecule has 0 saturated carbocycles. The van der Waals surface area contributed by atoms with Crippen molar-refractivity contribution >= 4 is 64.1 Å². The van der Waals surface area contributed by atoms with E-state index in [0.29, 0.717) is 0 Å². The van der Waals surface area contributed by atoms with Crippen molar-refractivity contribution in [2.24, 2.45) is 0 Å². The first-order valence-corrected chi connectivity index (χ1v) is 15.2. The van der Waals surface area contributed by atoms with E-state index in [0.717, 1.165) is 0 Å². The predicted molar refractivity (Wildman–Crippen MR) is 182 cm³/mol. The Morgan fingerprint density at radius 3 is 1.71 bits per heavy atom. The quantitative estimate of drug-likeness (QED) is 0.206. The van der Waals surface area contributed by atoms with Gasteiger partial charge in [0.15, 0.2) is 0 Å². The molecule has 0 saturated heterocycles. The number of hydrogen-bond acceptors (Lipinski definition) is 1. The number of aromatic nitrogens is 1. The first-order valence-electron chi connectivity index (χ1n) is 14.4. The lowest BCUT2D eigenvalue weighted by atomic mass is 9.97. The van der Waals surface area contributed by atoms with E-state index in [1.165, 1.54) is 80.7 Å². The molecule has 0 unspecified atom stereocenters. The number of thiophene rings is 1. The maximum Gasteiger partial charge on any atom is 0.0634 e. The fraction of sp³-hybridized carbons (Fsp3) is 0. The van der Waals surface area contributed by atoms with Crippen LogP contribution in [0.25, 0.3) is 80.7 Å². The Bertz CT molecular complexity index is 2430. The van der Waals surface area contributed by atoms with E-state index in [9.17, 15) is 0 Å². The van der Waals surface area contributed by atoms with E-state index >= 15 is 0 Å². The van der Waals surface area contributed by atoms with Crippen molar-refractivity contribution in [3.05, 3.63) is 152 Å². The Morgan fingerprint density at radius 1 is 0.405 bits per heavy atom. The lowest BCUT2D eigenvalue weighted by Crippen LogP contribution is -1.94. The molecule has 0 aliphatic heterocycles. The topological polar surface area (TPSA) is 4.93 Å². The number of hydrogen-bond donors (Lipinski definition) is 0. The van der Waals surface area contributed by atoms with Crippen molar-refractivity contribution in [2.75, 3.05) is 0 Å². The van der Waals surface area contributed by atoms with Gasteiger partial charge in [-0.2, -0.15) is 0 Å². The monoisotopic (exact) mass is 551 g/mol. The van der Waals surface area contributed by atoms with Gasteiger partial charge in [0, 0.05) is 42.0 Å². The fourth-order valence-corrected chi connectivity index (χ4v) is 7.94. The van der Waals surface area contributed by atoms with Crippen LogP contribution in [0, 0.1) is 0 Å². The normalized spacial score (nSPS) is 11.8. The van der Waals surface area contributed by atoms with E-state index in [1.54, 1.807) is 0 Å². The van der Waals surface area contributed by atoms with Crippen molar-refractivity contribution in [3.63, 3.8) is 0 Å². The molecule has 0 bridgehead atoms. The maximum atomic E-state index is 2.48. The zero-order chi connectivity index (χ0) is 27.6. The molecular weight excluding hydrogens is 527 g/mol. The third kappa shape index (κ3) is 3.43. The lowest BCUT2D eigenvalue weighted by Gasteiger charge is -2.11. The zero-order valence-electron chi connectivity index (χ0n) is 22.8. The van der Waals surface area contributed by atoms with Crippen molar-refractivity contribution in [2.45, 2.75) is 0 Å². The van der Waals surface area contributed by atoms with Crippen molar-refractivity contribution in [1.29, 1.82) is 0 Å². The number of para-hydroxylation sites is 1. The molecule has 0 fully saturated rings. The molecule has 2 heteroatoms. The van der Waals surface area contributed by atoms with Gasteiger partial charge in [0.05, 0.1) is 11.0 Å². The summed E-state index contributed by atoms with van der Waals surface area (Å²) in [5.41, 5.74) is 8.66.